The molecular weight excluding hydrogens is 305 g/mol. The van der Waals surface area contributed by atoms with E-state index in [0.717, 1.165) is 23.1 Å². The van der Waals surface area contributed by atoms with E-state index >= 15 is 0 Å². The molecule has 0 aliphatic carbocycles. The highest BCUT2D eigenvalue weighted by atomic mass is 32.2. The topological polar surface area (TPSA) is 115 Å². The molecule has 0 saturated carbocycles. The lowest BCUT2D eigenvalue weighted by atomic mass is 10.1. The molecule has 0 aromatic heterocycles. The standard InChI is InChI=1S/C11H20NO6PS/c1-3-5-6-9(10(13)14)12(8-19(16,17)18)11(15)20-7-4-2/h4,9H,2-3,5-8H2,1H3,(H,13,14)(H2,16,17,18). The van der Waals surface area contributed by atoms with Gasteiger partial charge >= 0.3 is 13.6 Å². The minimum absolute atomic E-state index is 0.159. The molecule has 1 atom stereocenters. The fourth-order valence-corrected chi connectivity index (χ4v) is 2.94. The summed E-state index contributed by atoms with van der Waals surface area (Å²) in [7, 11) is -4.53. The Bertz CT molecular complexity index is 396. The van der Waals surface area contributed by atoms with Gasteiger partial charge in [0.1, 0.15) is 12.3 Å². The second-order valence-corrected chi connectivity index (χ2v) is 6.72. The maximum absolute atomic E-state index is 11.9. The summed E-state index contributed by atoms with van der Waals surface area (Å²) in [5, 5.41) is 8.50. The van der Waals surface area contributed by atoms with Gasteiger partial charge in [-0.1, -0.05) is 37.6 Å². The highest BCUT2D eigenvalue weighted by molar-refractivity contribution is 8.13. The number of thioether (sulfide) groups is 1. The van der Waals surface area contributed by atoms with Gasteiger partial charge in [-0.2, -0.15) is 0 Å². The average Bonchev–Trinajstić information content (AvgIpc) is 2.33. The predicted molar refractivity (Wildman–Crippen MR) is 77.7 cm³/mol. The zero-order chi connectivity index (χ0) is 15.8. The number of carboxylic acid groups (broad SMARTS) is 1. The van der Waals surface area contributed by atoms with Crippen molar-refractivity contribution in [3.05, 3.63) is 12.7 Å². The third-order valence-corrected chi connectivity index (χ3v) is 3.95. The monoisotopic (exact) mass is 325 g/mol. The molecule has 9 heteroatoms. The molecule has 0 aliphatic heterocycles. The lowest BCUT2D eigenvalue weighted by Gasteiger charge is -2.28. The number of hydrogen-bond acceptors (Lipinski definition) is 4. The Morgan fingerprint density at radius 2 is 2.05 bits per heavy atom. The number of nitrogens with zero attached hydrogens (tertiary/aromatic N) is 1. The van der Waals surface area contributed by atoms with E-state index in [0.29, 0.717) is 6.42 Å². The Hall–Kier alpha value is -0.820. The van der Waals surface area contributed by atoms with Crippen LogP contribution >= 0.6 is 19.4 Å². The highest BCUT2D eigenvalue weighted by Crippen LogP contribution is 2.37. The van der Waals surface area contributed by atoms with Gasteiger partial charge in [0.05, 0.1) is 0 Å². The summed E-state index contributed by atoms with van der Waals surface area (Å²) in [5.41, 5.74) is 0. The van der Waals surface area contributed by atoms with Crippen LogP contribution in [0.2, 0.25) is 0 Å². The first-order valence-electron chi connectivity index (χ1n) is 6.04. The molecule has 0 aromatic carbocycles. The molecule has 20 heavy (non-hydrogen) atoms. The molecule has 1 amide bonds. The molecule has 0 fully saturated rings. The lowest BCUT2D eigenvalue weighted by molar-refractivity contribution is -0.142. The molecule has 7 nitrogen and oxygen atoms in total. The highest BCUT2D eigenvalue weighted by Gasteiger charge is 2.33. The number of aliphatic carboxylic acids is 1. The number of hydrogen-bond donors (Lipinski definition) is 3. The zero-order valence-electron chi connectivity index (χ0n) is 11.3. The van der Waals surface area contributed by atoms with E-state index in [4.69, 9.17) is 14.9 Å². The van der Waals surface area contributed by atoms with Gasteiger partial charge in [0.25, 0.3) is 5.24 Å². The predicted octanol–water partition coefficient (Wildman–Crippen LogP) is 2.11. The van der Waals surface area contributed by atoms with Gasteiger partial charge in [-0.3, -0.25) is 9.36 Å². The summed E-state index contributed by atoms with van der Waals surface area (Å²) in [6.45, 7) is 5.30. The molecule has 0 aliphatic rings. The van der Waals surface area contributed by atoms with E-state index in [1.54, 1.807) is 0 Å². The molecule has 0 saturated heterocycles. The second kappa shape index (κ2) is 9.18. The van der Waals surface area contributed by atoms with Gasteiger partial charge in [-0.05, 0) is 6.42 Å². The summed E-state index contributed by atoms with van der Waals surface area (Å²) >= 11 is 0.767. The summed E-state index contributed by atoms with van der Waals surface area (Å²) in [4.78, 5) is 41.9. The van der Waals surface area contributed by atoms with Crippen molar-refractivity contribution in [1.29, 1.82) is 0 Å². The second-order valence-electron chi connectivity index (χ2n) is 4.14. The third kappa shape index (κ3) is 7.69. The van der Waals surface area contributed by atoms with Crippen LogP contribution in [0.25, 0.3) is 0 Å². The number of amides is 1. The Balaban J connectivity index is 5.12. The average molecular weight is 325 g/mol. The normalized spacial score (nSPS) is 12.8. The summed E-state index contributed by atoms with van der Waals surface area (Å²) in [6.07, 6.45) is 2.00. The van der Waals surface area contributed by atoms with Crippen molar-refractivity contribution in [2.75, 3.05) is 12.0 Å². The number of unbranched alkanes of at least 4 members (excludes halogenated alkanes) is 1. The molecule has 0 heterocycles. The molecule has 0 aromatic rings. The van der Waals surface area contributed by atoms with Crippen LogP contribution in [0.3, 0.4) is 0 Å². The Kier molecular flexibility index (Phi) is 8.80. The molecule has 0 rings (SSSR count). The third-order valence-electron chi connectivity index (χ3n) is 2.39. The molecule has 0 bridgehead atoms. The van der Waals surface area contributed by atoms with Crippen molar-refractivity contribution in [3.8, 4) is 0 Å². The van der Waals surface area contributed by atoms with Crippen LogP contribution in [0.5, 0.6) is 0 Å². The van der Waals surface area contributed by atoms with Crippen LogP contribution in [0.1, 0.15) is 26.2 Å². The molecule has 0 radical (unpaired) electrons. The van der Waals surface area contributed by atoms with Gasteiger partial charge < -0.3 is 19.8 Å². The van der Waals surface area contributed by atoms with Gasteiger partial charge in [-0.25, -0.2) is 4.79 Å². The first-order valence-corrected chi connectivity index (χ1v) is 8.83. The Morgan fingerprint density at radius 3 is 2.45 bits per heavy atom. The number of carbonyl (C=O) groups excluding carboxylic acids is 1. The molecule has 3 N–H and O–H groups in total. The van der Waals surface area contributed by atoms with Crippen LogP contribution in [-0.2, 0) is 9.36 Å². The van der Waals surface area contributed by atoms with E-state index < -0.39 is 31.1 Å². The maximum atomic E-state index is 11.9. The van der Waals surface area contributed by atoms with Crippen molar-refractivity contribution in [1.82, 2.24) is 4.90 Å². The van der Waals surface area contributed by atoms with Gasteiger partial charge in [-0.15, -0.1) is 6.58 Å². The maximum Gasteiger partial charge on any atom is 0.344 e. The molecular formula is C11H20NO6PS. The number of rotatable bonds is 9. The summed E-state index contributed by atoms with van der Waals surface area (Å²) in [6, 6.07) is -1.23. The van der Waals surface area contributed by atoms with E-state index in [1.807, 2.05) is 6.92 Å². The van der Waals surface area contributed by atoms with E-state index in [1.165, 1.54) is 6.08 Å². The molecule has 1 unspecified atom stereocenters. The molecule has 116 valence electrons. The van der Waals surface area contributed by atoms with Crippen LogP contribution in [-0.4, -0.2) is 49.1 Å². The van der Waals surface area contributed by atoms with E-state index in [-0.39, 0.29) is 12.2 Å². The van der Waals surface area contributed by atoms with Crippen LogP contribution < -0.4 is 0 Å². The molecule has 0 spiro atoms. The Labute approximate surface area is 122 Å². The first-order chi connectivity index (χ1) is 9.22. The largest absolute Gasteiger partial charge is 0.480 e. The van der Waals surface area contributed by atoms with E-state index in [9.17, 15) is 14.2 Å². The van der Waals surface area contributed by atoms with Gasteiger partial charge in [0.15, 0.2) is 0 Å². The van der Waals surface area contributed by atoms with Crippen LogP contribution in [0, 0.1) is 0 Å². The van der Waals surface area contributed by atoms with Crippen molar-refractivity contribution in [3.63, 3.8) is 0 Å². The number of carbonyl (C=O) groups is 2. The van der Waals surface area contributed by atoms with Crippen molar-refractivity contribution in [2.45, 2.75) is 32.2 Å². The number of carboxylic acids is 1. The van der Waals surface area contributed by atoms with Crippen molar-refractivity contribution >= 4 is 30.6 Å². The fraction of sp³-hybridized carbons (Fsp3) is 0.636. The summed E-state index contributed by atoms with van der Waals surface area (Å²) in [5.74, 6) is -1.02. The Morgan fingerprint density at radius 1 is 1.45 bits per heavy atom. The minimum Gasteiger partial charge on any atom is -0.480 e. The van der Waals surface area contributed by atoms with Crippen LogP contribution in [0.15, 0.2) is 12.7 Å². The quantitative estimate of drug-likeness (QED) is 0.439. The van der Waals surface area contributed by atoms with E-state index in [2.05, 4.69) is 6.58 Å². The van der Waals surface area contributed by atoms with Crippen molar-refractivity contribution in [2.24, 2.45) is 0 Å². The van der Waals surface area contributed by atoms with Gasteiger partial charge in [0.2, 0.25) is 0 Å². The SMILES string of the molecule is C=CCSC(=O)N(CP(=O)(O)O)C(CCCC)C(=O)O. The van der Waals surface area contributed by atoms with Crippen LogP contribution in [0.4, 0.5) is 4.79 Å². The van der Waals surface area contributed by atoms with Gasteiger partial charge in [0, 0.05) is 5.75 Å². The smallest absolute Gasteiger partial charge is 0.344 e. The van der Waals surface area contributed by atoms with Crippen molar-refractivity contribution < 1.29 is 29.0 Å². The zero-order valence-corrected chi connectivity index (χ0v) is 13.0. The fourth-order valence-electron chi connectivity index (χ4n) is 1.51. The first kappa shape index (κ1) is 19.2. The lowest BCUT2D eigenvalue weighted by Crippen LogP contribution is -2.44. The minimum atomic E-state index is -4.53. The summed E-state index contributed by atoms with van der Waals surface area (Å²) < 4.78 is 11.1.